The zero-order valence-electron chi connectivity index (χ0n) is 18.5. The highest BCUT2D eigenvalue weighted by atomic mass is 127. The highest BCUT2D eigenvalue weighted by Crippen LogP contribution is 2.24. The lowest BCUT2D eigenvalue weighted by molar-refractivity contribution is -0.131. The van der Waals surface area contributed by atoms with Crippen LogP contribution < -0.4 is 10.1 Å². The fourth-order valence-electron chi connectivity index (χ4n) is 2.86. The molecule has 0 saturated heterocycles. The zero-order chi connectivity index (χ0) is 21.9. The van der Waals surface area contributed by atoms with Gasteiger partial charge in [-0.1, -0.05) is 12.1 Å². The molecule has 7 nitrogen and oxygen atoms in total. The van der Waals surface area contributed by atoms with Crippen molar-refractivity contribution >= 4 is 35.8 Å². The molecule has 2 aromatic rings. The first kappa shape index (κ1) is 26.6. The number of benzene rings is 1. The van der Waals surface area contributed by atoms with E-state index in [-0.39, 0.29) is 42.2 Å². The second-order valence-corrected chi connectivity index (χ2v) is 6.62. The van der Waals surface area contributed by atoms with Gasteiger partial charge in [0.1, 0.15) is 11.6 Å². The molecule has 170 valence electrons. The first-order valence-corrected chi connectivity index (χ1v) is 10.1. The molecule has 0 aliphatic rings. The average Bonchev–Trinajstić information content (AvgIpc) is 2.73. The third kappa shape index (κ3) is 8.31. The average molecular weight is 543 g/mol. The lowest BCUT2D eigenvalue weighted by Gasteiger charge is -2.25. The van der Waals surface area contributed by atoms with Gasteiger partial charge in [-0.05, 0) is 39.0 Å². The number of amides is 1. The van der Waals surface area contributed by atoms with Gasteiger partial charge in [0.25, 0.3) is 0 Å². The molecule has 0 radical (unpaired) electrons. The number of hydrogen-bond donors (Lipinski definition) is 1. The maximum atomic E-state index is 13.4. The fraction of sp³-hybridized carbons (Fsp3) is 0.409. The SMILES string of the molecule is CCNC(=NCc1cccnc1Oc1cccc(F)c1)N(C)CC(=O)N(CC)CC.I. The van der Waals surface area contributed by atoms with Crippen molar-refractivity contribution < 1.29 is 13.9 Å². The van der Waals surface area contributed by atoms with Crippen LogP contribution in [0.2, 0.25) is 0 Å². The van der Waals surface area contributed by atoms with Gasteiger partial charge in [-0.3, -0.25) is 4.79 Å². The third-order valence-electron chi connectivity index (χ3n) is 4.44. The number of aliphatic imine (C=N–C) groups is 1. The van der Waals surface area contributed by atoms with E-state index in [1.165, 1.54) is 12.1 Å². The van der Waals surface area contributed by atoms with Gasteiger partial charge in [-0.25, -0.2) is 14.4 Å². The molecule has 0 aliphatic carbocycles. The Bertz CT molecular complexity index is 861. The van der Waals surface area contributed by atoms with Gasteiger partial charge < -0.3 is 19.9 Å². The lowest BCUT2D eigenvalue weighted by Crippen LogP contribution is -2.45. The molecule has 0 spiro atoms. The van der Waals surface area contributed by atoms with Crippen LogP contribution in [0.15, 0.2) is 47.6 Å². The monoisotopic (exact) mass is 543 g/mol. The number of nitrogens with one attached hydrogen (secondary N) is 1. The highest BCUT2D eigenvalue weighted by Gasteiger charge is 2.15. The van der Waals surface area contributed by atoms with E-state index >= 15 is 0 Å². The summed E-state index contributed by atoms with van der Waals surface area (Å²) in [5, 5.41) is 3.20. The van der Waals surface area contributed by atoms with Gasteiger partial charge in [0.05, 0.1) is 13.1 Å². The molecule has 0 atom stereocenters. The number of carbonyl (C=O) groups excluding carboxylic acids is 1. The number of nitrogens with zero attached hydrogens (tertiary/aromatic N) is 4. The van der Waals surface area contributed by atoms with Crippen LogP contribution in [0.5, 0.6) is 11.6 Å². The maximum Gasteiger partial charge on any atom is 0.242 e. The minimum Gasteiger partial charge on any atom is -0.439 e. The summed E-state index contributed by atoms with van der Waals surface area (Å²) in [5.74, 6) is 1.01. The molecule has 1 heterocycles. The fourth-order valence-corrected chi connectivity index (χ4v) is 2.86. The molecule has 0 saturated carbocycles. The number of ether oxygens (including phenoxy) is 1. The molecular formula is C22H31FIN5O2. The van der Waals surface area contributed by atoms with E-state index in [0.717, 1.165) is 5.56 Å². The lowest BCUT2D eigenvalue weighted by atomic mass is 10.2. The van der Waals surface area contributed by atoms with Crippen molar-refractivity contribution in [2.45, 2.75) is 27.3 Å². The Morgan fingerprint density at radius 2 is 1.94 bits per heavy atom. The summed E-state index contributed by atoms with van der Waals surface area (Å²) in [6.07, 6.45) is 1.61. The van der Waals surface area contributed by atoms with Crippen LogP contribution in [-0.4, -0.2) is 59.9 Å². The van der Waals surface area contributed by atoms with Gasteiger partial charge in [-0.2, -0.15) is 0 Å². The summed E-state index contributed by atoms with van der Waals surface area (Å²) >= 11 is 0. The third-order valence-corrected chi connectivity index (χ3v) is 4.44. The Morgan fingerprint density at radius 3 is 2.58 bits per heavy atom. The van der Waals surface area contributed by atoms with Crippen molar-refractivity contribution in [3.05, 3.63) is 54.0 Å². The van der Waals surface area contributed by atoms with Crippen molar-refractivity contribution in [2.24, 2.45) is 4.99 Å². The Balaban J connectivity index is 0.00000480. The standard InChI is InChI=1S/C22H30FN5O2.HI/c1-5-24-22(27(4)16-20(29)28(6-2)7-3)26-15-17-10-9-13-25-21(17)30-19-12-8-11-18(23)14-19;/h8-14H,5-7,15-16H2,1-4H3,(H,24,26);1H. The summed E-state index contributed by atoms with van der Waals surface area (Å²) < 4.78 is 19.2. The van der Waals surface area contributed by atoms with Crippen LogP contribution in [0.3, 0.4) is 0 Å². The van der Waals surface area contributed by atoms with E-state index in [2.05, 4.69) is 15.3 Å². The smallest absolute Gasteiger partial charge is 0.242 e. The molecule has 0 unspecified atom stereocenters. The molecule has 0 aliphatic heterocycles. The van der Waals surface area contributed by atoms with E-state index in [1.807, 2.05) is 33.9 Å². The molecule has 31 heavy (non-hydrogen) atoms. The van der Waals surface area contributed by atoms with E-state index in [4.69, 9.17) is 4.74 Å². The van der Waals surface area contributed by atoms with Crippen molar-refractivity contribution in [1.29, 1.82) is 0 Å². The van der Waals surface area contributed by atoms with Gasteiger partial charge in [0, 0.05) is 44.5 Å². The molecule has 1 aromatic carbocycles. The number of pyridine rings is 1. The normalized spacial score (nSPS) is 10.8. The molecule has 0 fully saturated rings. The van der Waals surface area contributed by atoms with Crippen molar-refractivity contribution in [3.63, 3.8) is 0 Å². The maximum absolute atomic E-state index is 13.4. The number of carbonyl (C=O) groups is 1. The summed E-state index contributed by atoms with van der Waals surface area (Å²) in [6, 6.07) is 9.56. The number of likely N-dealkylation sites (N-methyl/N-ethyl adjacent to an activating group) is 2. The molecule has 1 amide bonds. The number of aromatic nitrogens is 1. The van der Waals surface area contributed by atoms with Crippen LogP contribution >= 0.6 is 24.0 Å². The Labute approximate surface area is 200 Å². The predicted molar refractivity (Wildman–Crippen MR) is 131 cm³/mol. The number of guanidine groups is 1. The number of hydrogen-bond acceptors (Lipinski definition) is 4. The van der Waals surface area contributed by atoms with E-state index in [0.29, 0.717) is 43.8 Å². The molecule has 2 rings (SSSR count). The molecule has 9 heteroatoms. The van der Waals surface area contributed by atoms with Gasteiger partial charge >= 0.3 is 0 Å². The van der Waals surface area contributed by atoms with Crippen LogP contribution in [0.25, 0.3) is 0 Å². The molecule has 1 aromatic heterocycles. The van der Waals surface area contributed by atoms with Crippen LogP contribution in [-0.2, 0) is 11.3 Å². The quantitative estimate of drug-likeness (QED) is 0.295. The van der Waals surface area contributed by atoms with Crippen LogP contribution in [0.4, 0.5) is 4.39 Å². The van der Waals surface area contributed by atoms with Crippen LogP contribution in [0.1, 0.15) is 26.3 Å². The summed E-state index contributed by atoms with van der Waals surface area (Å²) in [7, 11) is 1.83. The summed E-state index contributed by atoms with van der Waals surface area (Å²) in [5.41, 5.74) is 0.751. The molecule has 0 bridgehead atoms. The first-order valence-electron chi connectivity index (χ1n) is 10.1. The summed E-state index contributed by atoms with van der Waals surface area (Å²) in [6.45, 7) is 8.44. The number of halogens is 2. The predicted octanol–water partition coefficient (Wildman–Crippen LogP) is 3.90. The van der Waals surface area contributed by atoms with Gasteiger partial charge in [-0.15, -0.1) is 24.0 Å². The number of rotatable bonds is 9. The minimum absolute atomic E-state index is 0. The van der Waals surface area contributed by atoms with E-state index < -0.39 is 0 Å². The Kier molecular flexibility index (Phi) is 11.8. The molecule has 1 N–H and O–H groups in total. The van der Waals surface area contributed by atoms with Crippen molar-refractivity contribution in [2.75, 3.05) is 33.2 Å². The topological polar surface area (TPSA) is 70.1 Å². The highest BCUT2D eigenvalue weighted by molar-refractivity contribution is 14.0. The Hall–Kier alpha value is -2.43. The molecular weight excluding hydrogens is 512 g/mol. The van der Waals surface area contributed by atoms with Crippen LogP contribution in [0, 0.1) is 5.82 Å². The van der Waals surface area contributed by atoms with Gasteiger partial charge in [0.2, 0.25) is 11.8 Å². The second kappa shape index (κ2) is 13.8. The Morgan fingerprint density at radius 1 is 1.19 bits per heavy atom. The summed E-state index contributed by atoms with van der Waals surface area (Å²) in [4.78, 5) is 24.9. The van der Waals surface area contributed by atoms with E-state index in [1.54, 1.807) is 34.2 Å². The van der Waals surface area contributed by atoms with Crippen molar-refractivity contribution in [3.8, 4) is 11.6 Å². The van der Waals surface area contributed by atoms with E-state index in [9.17, 15) is 9.18 Å². The second-order valence-electron chi connectivity index (χ2n) is 6.62. The van der Waals surface area contributed by atoms with Gasteiger partial charge in [0.15, 0.2) is 5.96 Å². The zero-order valence-corrected chi connectivity index (χ0v) is 20.8. The first-order chi connectivity index (χ1) is 14.5. The largest absolute Gasteiger partial charge is 0.439 e. The van der Waals surface area contributed by atoms with Crippen molar-refractivity contribution in [1.82, 2.24) is 20.1 Å². The minimum atomic E-state index is -0.378.